The van der Waals surface area contributed by atoms with Crippen LogP contribution in [0.3, 0.4) is 0 Å². The molecule has 0 unspecified atom stereocenters. The molecule has 0 amide bonds. The molecule has 0 bridgehead atoms. The average molecular weight is 292 g/mol. The third-order valence-corrected chi connectivity index (χ3v) is 3.76. The molecule has 19 heavy (non-hydrogen) atoms. The molecule has 3 aromatic rings. The molecule has 5 heteroatoms. The number of nitrogens with one attached hydrogen (secondary N) is 1. The fourth-order valence-corrected chi connectivity index (χ4v) is 2.31. The molecule has 1 N–H and O–H groups in total. The number of aromatic nitrogens is 3. The second kappa shape index (κ2) is 5.19. The van der Waals surface area contributed by atoms with Crippen molar-refractivity contribution in [3.8, 4) is 0 Å². The van der Waals surface area contributed by atoms with E-state index in [1.165, 1.54) is 11.1 Å². The zero-order valence-electron chi connectivity index (χ0n) is 10.0. The first kappa shape index (κ1) is 12.5. The Morgan fingerprint density at radius 1 is 0.947 bits per heavy atom. The van der Waals surface area contributed by atoms with Crippen LogP contribution in [0.5, 0.6) is 0 Å². The number of fused-ring (bicyclic) bond motifs is 1. The van der Waals surface area contributed by atoms with Gasteiger partial charge in [-0.1, -0.05) is 29.3 Å². The quantitative estimate of drug-likeness (QED) is 0.791. The van der Waals surface area contributed by atoms with Gasteiger partial charge >= 0.3 is 0 Å². The van der Waals surface area contributed by atoms with Crippen LogP contribution >= 0.6 is 23.2 Å². The maximum Gasteiger partial charge on any atom is 0.177 e. The third-order valence-electron chi connectivity index (χ3n) is 3.02. The number of hydrogen-bond acceptors (Lipinski definition) is 2. The van der Waals surface area contributed by atoms with Gasteiger partial charge in [0.15, 0.2) is 5.65 Å². The van der Waals surface area contributed by atoms with E-state index < -0.39 is 0 Å². The fraction of sp³-hybridized carbons (Fsp3) is 0.143. The van der Waals surface area contributed by atoms with Crippen LogP contribution < -0.4 is 0 Å². The summed E-state index contributed by atoms with van der Waals surface area (Å²) in [5.41, 5.74) is 4.05. The van der Waals surface area contributed by atoms with E-state index in [0.717, 1.165) is 24.0 Å². The van der Waals surface area contributed by atoms with Crippen LogP contribution in [0.1, 0.15) is 11.1 Å². The summed E-state index contributed by atoms with van der Waals surface area (Å²) in [5.74, 6) is 0. The summed E-state index contributed by atoms with van der Waals surface area (Å²) in [4.78, 5) is 11.5. The van der Waals surface area contributed by atoms with Crippen molar-refractivity contribution in [1.29, 1.82) is 0 Å². The number of aryl methyl sites for hydroxylation is 2. The summed E-state index contributed by atoms with van der Waals surface area (Å²) in [5, 5.41) is 1.19. The van der Waals surface area contributed by atoms with Gasteiger partial charge in [-0.15, -0.1) is 0 Å². The van der Waals surface area contributed by atoms with E-state index in [0.29, 0.717) is 10.0 Å². The summed E-state index contributed by atoms with van der Waals surface area (Å²) in [6.07, 6.45) is 5.32. The van der Waals surface area contributed by atoms with Gasteiger partial charge in [-0.05, 0) is 42.2 Å². The summed E-state index contributed by atoms with van der Waals surface area (Å²) < 4.78 is 0. The van der Waals surface area contributed by atoms with Gasteiger partial charge < -0.3 is 4.98 Å². The lowest BCUT2D eigenvalue weighted by molar-refractivity contribution is 0.954. The molecule has 2 aromatic heterocycles. The zero-order chi connectivity index (χ0) is 13.2. The van der Waals surface area contributed by atoms with Gasteiger partial charge in [0.05, 0.1) is 21.9 Å². The number of benzene rings is 1. The van der Waals surface area contributed by atoms with Crippen molar-refractivity contribution < 1.29 is 0 Å². The molecule has 0 aliphatic rings. The molecule has 3 nitrogen and oxygen atoms in total. The fourth-order valence-electron chi connectivity index (χ4n) is 1.99. The lowest BCUT2D eigenvalue weighted by Gasteiger charge is -2.03. The highest BCUT2D eigenvalue weighted by molar-refractivity contribution is 6.42. The third kappa shape index (κ3) is 2.72. The van der Waals surface area contributed by atoms with Crippen LogP contribution in [0, 0.1) is 0 Å². The van der Waals surface area contributed by atoms with Crippen molar-refractivity contribution >= 4 is 34.4 Å². The number of rotatable bonds is 3. The first-order valence-corrected chi connectivity index (χ1v) is 6.70. The maximum atomic E-state index is 6.00. The van der Waals surface area contributed by atoms with Crippen LogP contribution in [-0.2, 0) is 12.8 Å². The Morgan fingerprint density at radius 2 is 1.79 bits per heavy atom. The first-order valence-electron chi connectivity index (χ1n) is 5.94. The zero-order valence-corrected chi connectivity index (χ0v) is 11.5. The number of halogens is 2. The average Bonchev–Trinajstić information content (AvgIpc) is 2.87. The Kier molecular flexibility index (Phi) is 3.40. The monoisotopic (exact) mass is 291 g/mol. The highest BCUT2D eigenvalue weighted by atomic mass is 35.5. The Balaban J connectivity index is 1.75. The summed E-state index contributed by atoms with van der Waals surface area (Å²) >= 11 is 11.9. The lowest BCUT2D eigenvalue weighted by Crippen LogP contribution is -1.93. The van der Waals surface area contributed by atoms with Gasteiger partial charge in [0, 0.05) is 6.20 Å². The van der Waals surface area contributed by atoms with E-state index in [-0.39, 0.29) is 0 Å². The molecule has 0 radical (unpaired) electrons. The summed E-state index contributed by atoms with van der Waals surface area (Å²) in [6, 6.07) is 7.81. The van der Waals surface area contributed by atoms with Gasteiger partial charge in [-0.2, -0.15) is 0 Å². The van der Waals surface area contributed by atoms with Crippen molar-refractivity contribution in [2.24, 2.45) is 0 Å². The molecule has 0 atom stereocenters. The number of pyridine rings is 1. The van der Waals surface area contributed by atoms with Crippen LogP contribution in [0.2, 0.25) is 10.0 Å². The smallest absolute Gasteiger partial charge is 0.177 e. The number of nitrogens with zero attached hydrogens (tertiary/aromatic N) is 2. The van der Waals surface area contributed by atoms with Crippen LogP contribution in [-0.4, -0.2) is 15.0 Å². The van der Waals surface area contributed by atoms with Crippen molar-refractivity contribution in [3.63, 3.8) is 0 Å². The van der Waals surface area contributed by atoms with Gasteiger partial charge in [0.25, 0.3) is 0 Å². The second-order valence-electron chi connectivity index (χ2n) is 4.37. The molecule has 0 spiro atoms. The van der Waals surface area contributed by atoms with E-state index in [9.17, 15) is 0 Å². The summed E-state index contributed by atoms with van der Waals surface area (Å²) in [6.45, 7) is 0. The van der Waals surface area contributed by atoms with E-state index in [1.807, 2.05) is 24.4 Å². The molecule has 0 saturated heterocycles. The number of hydrogen-bond donors (Lipinski definition) is 1. The van der Waals surface area contributed by atoms with Crippen molar-refractivity contribution in [3.05, 3.63) is 58.0 Å². The van der Waals surface area contributed by atoms with Crippen LogP contribution in [0.25, 0.3) is 11.2 Å². The largest absolute Gasteiger partial charge is 0.343 e. The molecule has 0 aliphatic heterocycles. The molecule has 3 rings (SSSR count). The minimum Gasteiger partial charge on any atom is -0.343 e. The molecule has 0 fully saturated rings. The molecule has 2 heterocycles. The molecule has 96 valence electrons. The number of imidazole rings is 1. The predicted molar refractivity (Wildman–Crippen MR) is 77.8 cm³/mol. The number of H-pyrrole nitrogens is 1. The van der Waals surface area contributed by atoms with E-state index in [1.54, 1.807) is 6.33 Å². The highest BCUT2D eigenvalue weighted by Crippen LogP contribution is 2.23. The number of aromatic amines is 1. The van der Waals surface area contributed by atoms with Crippen LogP contribution in [0.4, 0.5) is 0 Å². The second-order valence-corrected chi connectivity index (χ2v) is 5.18. The minimum atomic E-state index is 0.589. The molecular formula is C14H11Cl2N3. The maximum absolute atomic E-state index is 6.00. The van der Waals surface area contributed by atoms with Crippen molar-refractivity contribution in [2.45, 2.75) is 12.8 Å². The molecule has 0 saturated carbocycles. The molecule has 1 aromatic carbocycles. The predicted octanol–water partition coefficient (Wildman–Crippen LogP) is 4.05. The van der Waals surface area contributed by atoms with Gasteiger partial charge in [-0.3, -0.25) is 0 Å². The van der Waals surface area contributed by atoms with E-state index in [4.69, 9.17) is 23.2 Å². The Hall–Kier alpha value is -1.58. The van der Waals surface area contributed by atoms with E-state index >= 15 is 0 Å². The minimum absolute atomic E-state index is 0.589. The Bertz CT molecular complexity index is 722. The lowest BCUT2D eigenvalue weighted by atomic mass is 10.1. The first-order chi connectivity index (χ1) is 9.22. The van der Waals surface area contributed by atoms with E-state index in [2.05, 4.69) is 21.0 Å². The van der Waals surface area contributed by atoms with Gasteiger partial charge in [0.1, 0.15) is 0 Å². The van der Waals surface area contributed by atoms with Crippen molar-refractivity contribution in [1.82, 2.24) is 15.0 Å². The SMILES string of the molecule is Clc1ccc(CCc2cnc3nc[nH]c3c2)cc1Cl. The molecular weight excluding hydrogens is 281 g/mol. The van der Waals surface area contributed by atoms with Gasteiger partial charge in [-0.25, -0.2) is 9.97 Å². The standard InChI is InChI=1S/C14H11Cl2N3/c15-11-4-3-9(5-12(11)16)1-2-10-6-13-14(17-7-10)19-8-18-13/h3-8H,1-2H2,(H,17,18,19). The van der Waals surface area contributed by atoms with Crippen LogP contribution in [0.15, 0.2) is 36.8 Å². The Labute approximate surface area is 120 Å². The molecule has 0 aliphatic carbocycles. The van der Waals surface area contributed by atoms with Crippen molar-refractivity contribution in [2.75, 3.05) is 0 Å². The topological polar surface area (TPSA) is 41.6 Å². The normalized spacial score (nSPS) is 11.1. The van der Waals surface area contributed by atoms with Gasteiger partial charge in [0.2, 0.25) is 0 Å². The highest BCUT2D eigenvalue weighted by Gasteiger charge is 2.03. The Morgan fingerprint density at radius 3 is 2.63 bits per heavy atom. The summed E-state index contributed by atoms with van der Waals surface area (Å²) in [7, 11) is 0.